The standard InChI is InChI=1S/C32H21N3O/c33-22-26-14-4-7-15-27(26)32(36)31(35-21-19-24-11-6-9-17-29(24)35)30(25-12-2-1-3-13-25)34-20-18-23-10-5-8-16-28(23)34/h1-21H/b31-30+. The molecule has 0 radical (unpaired) electrons. The molecule has 2 heterocycles. The maximum Gasteiger partial charge on any atom is 0.213 e. The first-order chi connectivity index (χ1) is 17.8. The number of aromatic nitrogens is 2. The molecule has 0 saturated heterocycles. The Balaban J connectivity index is 1.77. The third-order valence-electron chi connectivity index (χ3n) is 6.46. The zero-order valence-corrected chi connectivity index (χ0v) is 19.4. The lowest BCUT2D eigenvalue weighted by Crippen LogP contribution is -2.15. The number of ketones is 1. The van der Waals surface area contributed by atoms with Crippen LogP contribution in [0.25, 0.3) is 33.2 Å². The van der Waals surface area contributed by atoms with E-state index in [1.54, 1.807) is 24.3 Å². The molecule has 0 saturated carbocycles. The second-order valence-corrected chi connectivity index (χ2v) is 8.54. The van der Waals surface area contributed by atoms with Crippen molar-refractivity contribution in [2.75, 3.05) is 0 Å². The smallest absolute Gasteiger partial charge is 0.213 e. The van der Waals surface area contributed by atoms with Crippen LogP contribution in [0, 0.1) is 11.3 Å². The topological polar surface area (TPSA) is 50.7 Å². The van der Waals surface area contributed by atoms with Crippen molar-refractivity contribution in [1.29, 1.82) is 5.26 Å². The number of allylic oxidation sites excluding steroid dienone is 1. The highest BCUT2D eigenvalue weighted by Gasteiger charge is 2.25. The second-order valence-electron chi connectivity index (χ2n) is 8.54. The number of carbonyl (C=O) groups is 1. The van der Waals surface area contributed by atoms with Gasteiger partial charge in [0.15, 0.2) is 0 Å². The van der Waals surface area contributed by atoms with Gasteiger partial charge in [-0.25, -0.2) is 0 Å². The molecule has 0 aliphatic rings. The van der Waals surface area contributed by atoms with Gasteiger partial charge < -0.3 is 9.13 Å². The quantitative estimate of drug-likeness (QED) is 0.200. The number of fused-ring (bicyclic) bond motifs is 2. The van der Waals surface area contributed by atoms with Crippen molar-refractivity contribution >= 4 is 39.0 Å². The van der Waals surface area contributed by atoms with Crippen molar-refractivity contribution < 1.29 is 4.79 Å². The predicted molar refractivity (Wildman–Crippen MR) is 144 cm³/mol. The maximum absolute atomic E-state index is 14.5. The lowest BCUT2D eigenvalue weighted by molar-refractivity contribution is 0.105. The molecule has 2 aromatic heterocycles. The molecular weight excluding hydrogens is 442 g/mol. The minimum atomic E-state index is -0.217. The van der Waals surface area contributed by atoms with Crippen LogP contribution in [0.3, 0.4) is 0 Å². The molecule has 4 heteroatoms. The number of rotatable bonds is 5. The summed E-state index contributed by atoms with van der Waals surface area (Å²) in [6.45, 7) is 0. The molecule has 0 bridgehead atoms. The van der Waals surface area contributed by atoms with Crippen molar-refractivity contribution in [1.82, 2.24) is 9.13 Å². The van der Waals surface area contributed by atoms with Crippen LogP contribution < -0.4 is 0 Å². The molecule has 0 spiro atoms. The Morgan fingerprint density at radius 3 is 1.86 bits per heavy atom. The van der Waals surface area contributed by atoms with Crippen LogP contribution in [0.1, 0.15) is 21.5 Å². The van der Waals surface area contributed by atoms with E-state index in [4.69, 9.17) is 0 Å². The Morgan fingerprint density at radius 1 is 0.611 bits per heavy atom. The molecule has 6 aromatic rings. The molecule has 4 aromatic carbocycles. The van der Waals surface area contributed by atoms with Gasteiger partial charge in [-0.3, -0.25) is 4.79 Å². The van der Waals surface area contributed by atoms with Gasteiger partial charge in [0, 0.05) is 23.5 Å². The summed E-state index contributed by atoms with van der Waals surface area (Å²) < 4.78 is 4.02. The van der Waals surface area contributed by atoms with Crippen LogP contribution >= 0.6 is 0 Å². The lowest BCUT2D eigenvalue weighted by Gasteiger charge is -2.20. The number of carbonyl (C=O) groups excluding carboxylic acids is 1. The van der Waals surface area contributed by atoms with Gasteiger partial charge in [-0.1, -0.05) is 78.9 Å². The number of para-hydroxylation sites is 2. The van der Waals surface area contributed by atoms with Crippen LogP contribution in [0.2, 0.25) is 0 Å². The summed E-state index contributed by atoms with van der Waals surface area (Å²) in [5, 5.41) is 11.9. The van der Waals surface area contributed by atoms with Crippen molar-refractivity contribution in [3.63, 3.8) is 0 Å². The fourth-order valence-corrected chi connectivity index (χ4v) is 4.78. The summed E-state index contributed by atoms with van der Waals surface area (Å²) >= 11 is 0. The molecule has 0 aliphatic heterocycles. The Morgan fingerprint density at radius 2 is 1.17 bits per heavy atom. The molecule has 36 heavy (non-hydrogen) atoms. The van der Waals surface area contributed by atoms with Gasteiger partial charge in [0.1, 0.15) is 5.70 Å². The third-order valence-corrected chi connectivity index (χ3v) is 6.46. The first-order valence-electron chi connectivity index (χ1n) is 11.7. The number of benzene rings is 4. The summed E-state index contributed by atoms with van der Waals surface area (Å²) in [6, 6.07) is 39.3. The zero-order valence-electron chi connectivity index (χ0n) is 19.4. The maximum atomic E-state index is 14.5. The highest BCUT2D eigenvalue weighted by molar-refractivity contribution is 6.31. The van der Waals surface area contributed by atoms with Gasteiger partial charge in [0.25, 0.3) is 0 Å². The van der Waals surface area contributed by atoms with Gasteiger partial charge in [0.05, 0.1) is 28.4 Å². The van der Waals surface area contributed by atoms with Crippen LogP contribution in [0.15, 0.2) is 128 Å². The fraction of sp³-hybridized carbons (Fsp3) is 0. The van der Waals surface area contributed by atoms with Crippen LogP contribution in [-0.4, -0.2) is 14.9 Å². The van der Waals surface area contributed by atoms with E-state index in [2.05, 4.69) is 28.8 Å². The van der Waals surface area contributed by atoms with E-state index < -0.39 is 0 Å². The molecule has 0 atom stereocenters. The van der Waals surface area contributed by atoms with E-state index >= 15 is 0 Å². The average molecular weight is 464 g/mol. The van der Waals surface area contributed by atoms with E-state index in [1.165, 1.54) is 0 Å². The minimum absolute atomic E-state index is 0.217. The zero-order chi connectivity index (χ0) is 24.5. The number of hydrogen-bond acceptors (Lipinski definition) is 2. The summed E-state index contributed by atoms with van der Waals surface area (Å²) in [5.74, 6) is -0.217. The Kier molecular flexibility index (Phi) is 5.29. The molecule has 0 aliphatic carbocycles. The van der Waals surface area contributed by atoms with Crippen LogP contribution in [0.4, 0.5) is 0 Å². The normalized spacial score (nSPS) is 11.9. The molecule has 4 nitrogen and oxygen atoms in total. The molecule has 6 rings (SSSR count). The lowest BCUT2D eigenvalue weighted by atomic mass is 9.98. The largest absolute Gasteiger partial charge is 0.314 e. The highest BCUT2D eigenvalue weighted by Crippen LogP contribution is 2.33. The van der Waals surface area contributed by atoms with Gasteiger partial charge in [0.2, 0.25) is 5.78 Å². The third kappa shape index (κ3) is 3.51. The monoisotopic (exact) mass is 463 g/mol. The minimum Gasteiger partial charge on any atom is -0.314 e. The summed E-state index contributed by atoms with van der Waals surface area (Å²) in [5.41, 5.74) is 4.75. The first kappa shape index (κ1) is 21.4. The van der Waals surface area contributed by atoms with E-state index in [9.17, 15) is 10.1 Å². The molecule has 0 amide bonds. The number of hydrogen-bond donors (Lipinski definition) is 0. The van der Waals surface area contributed by atoms with E-state index in [0.29, 0.717) is 16.8 Å². The average Bonchev–Trinajstić information content (AvgIpc) is 3.56. The van der Waals surface area contributed by atoms with Crippen molar-refractivity contribution in [3.8, 4) is 6.07 Å². The van der Waals surface area contributed by atoms with Gasteiger partial charge >= 0.3 is 0 Å². The Bertz CT molecular complexity index is 1810. The number of Topliss-reactive ketones (excluding diaryl/α,β-unsaturated/α-hetero) is 1. The van der Waals surface area contributed by atoms with Gasteiger partial charge in [-0.05, 0) is 47.2 Å². The van der Waals surface area contributed by atoms with Crippen molar-refractivity contribution in [2.45, 2.75) is 0 Å². The van der Waals surface area contributed by atoms with E-state index in [0.717, 1.165) is 33.1 Å². The predicted octanol–water partition coefficient (Wildman–Crippen LogP) is 7.22. The highest BCUT2D eigenvalue weighted by atomic mass is 16.1. The number of nitrogens with zero attached hydrogens (tertiary/aromatic N) is 3. The Hall–Kier alpha value is -5.14. The molecule has 0 N–H and O–H groups in total. The molecule has 0 unspecified atom stereocenters. The summed E-state index contributed by atoms with van der Waals surface area (Å²) in [6.07, 6.45) is 3.93. The van der Waals surface area contributed by atoms with Gasteiger partial charge in [-0.15, -0.1) is 0 Å². The molecule has 170 valence electrons. The number of nitriles is 1. The van der Waals surface area contributed by atoms with Gasteiger partial charge in [-0.2, -0.15) is 5.26 Å². The first-order valence-corrected chi connectivity index (χ1v) is 11.7. The summed E-state index contributed by atoms with van der Waals surface area (Å²) in [7, 11) is 0. The second kappa shape index (κ2) is 8.90. The SMILES string of the molecule is N#Cc1ccccc1C(=O)/C(=C(/c1ccccc1)n1ccc2ccccc21)n1ccc2ccccc21. The fourth-order valence-electron chi connectivity index (χ4n) is 4.78. The molecule has 0 fully saturated rings. The Labute approximate surface area is 208 Å². The van der Waals surface area contributed by atoms with Crippen molar-refractivity contribution in [3.05, 3.63) is 144 Å². The van der Waals surface area contributed by atoms with Crippen LogP contribution in [0.5, 0.6) is 0 Å². The van der Waals surface area contributed by atoms with Crippen LogP contribution in [-0.2, 0) is 0 Å². The molecular formula is C32H21N3O. The summed E-state index contributed by atoms with van der Waals surface area (Å²) in [4.78, 5) is 14.5. The van der Waals surface area contributed by atoms with Crippen molar-refractivity contribution in [2.24, 2.45) is 0 Å². The van der Waals surface area contributed by atoms with E-state index in [-0.39, 0.29) is 5.78 Å². The van der Waals surface area contributed by atoms with E-state index in [1.807, 2.05) is 89.8 Å².